The molecule has 0 bridgehead atoms. The molecule has 0 aliphatic carbocycles. The fourth-order valence-electron chi connectivity index (χ4n) is 1.60. The van der Waals surface area contributed by atoms with E-state index in [0.29, 0.717) is 6.54 Å². The summed E-state index contributed by atoms with van der Waals surface area (Å²) < 4.78 is 1.10. The van der Waals surface area contributed by atoms with E-state index in [4.69, 9.17) is 5.73 Å². The monoisotopic (exact) mass is 267 g/mol. The second kappa shape index (κ2) is 4.95. The normalized spacial score (nSPS) is 13.0. The first-order valence-electron chi connectivity index (χ1n) is 5.12. The van der Waals surface area contributed by atoms with Crippen LogP contribution in [0.25, 0.3) is 5.57 Å². The molecule has 2 heteroatoms. The molecule has 0 aliphatic rings. The van der Waals surface area contributed by atoms with Crippen molar-refractivity contribution in [2.24, 2.45) is 11.1 Å². The molecule has 0 aromatic heterocycles. The van der Waals surface area contributed by atoms with Gasteiger partial charge in [0.15, 0.2) is 0 Å². The predicted octanol–water partition coefficient (Wildman–Crippen LogP) is 3.84. The molecule has 2 N–H and O–H groups in total. The highest BCUT2D eigenvalue weighted by Gasteiger charge is 2.17. The van der Waals surface area contributed by atoms with Gasteiger partial charge in [0, 0.05) is 11.0 Å². The topological polar surface area (TPSA) is 26.0 Å². The van der Waals surface area contributed by atoms with E-state index in [-0.39, 0.29) is 5.41 Å². The number of rotatable bonds is 2. The van der Waals surface area contributed by atoms with Crippen LogP contribution in [0.4, 0.5) is 0 Å². The molecule has 1 rings (SSSR count). The lowest BCUT2D eigenvalue weighted by molar-refractivity contribution is 0.565. The molecular weight excluding hydrogens is 250 g/mol. The standard InChI is InChI=1S/C13H18BrN/c1-13(2,3)12(8-9-15)10-4-6-11(14)7-5-10/h4-8H,9,15H2,1-3H3/b12-8+. The Hall–Kier alpha value is -0.600. The van der Waals surface area contributed by atoms with Crippen molar-refractivity contribution in [1.29, 1.82) is 0 Å². The van der Waals surface area contributed by atoms with Gasteiger partial charge < -0.3 is 5.73 Å². The van der Waals surface area contributed by atoms with Gasteiger partial charge in [0.25, 0.3) is 0 Å². The minimum atomic E-state index is 0.132. The van der Waals surface area contributed by atoms with Crippen LogP contribution in [0.2, 0.25) is 0 Å². The maximum absolute atomic E-state index is 5.61. The number of allylic oxidation sites excluding steroid dienone is 1. The number of hydrogen-bond donors (Lipinski definition) is 1. The summed E-state index contributed by atoms with van der Waals surface area (Å²) in [6.07, 6.45) is 2.10. The second-order valence-electron chi connectivity index (χ2n) is 4.61. The van der Waals surface area contributed by atoms with Gasteiger partial charge in [-0.2, -0.15) is 0 Å². The Morgan fingerprint density at radius 1 is 1.27 bits per heavy atom. The summed E-state index contributed by atoms with van der Waals surface area (Å²) >= 11 is 3.44. The van der Waals surface area contributed by atoms with Crippen LogP contribution < -0.4 is 5.73 Å². The van der Waals surface area contributed by atoms with Crippen LogP contribution in [0.1, 0.15) is 26.3 Å². The largest absolute Gasteiger partial charge is 0.327 e. The summed E-state index contributed by atoms with van der Waals surface area (Å²) in [7, 11) is 0. The highest BCUT2D eigenvalue weighted by molar-refractivity contribution is 9.10. The van der Waals surface area contributed by atoms with Crippen molar-refractivity contribution in [2.45, 2.75) is 20.8 Å². The molecule has 15 heavy (non-hydrogen) atoms. The van der Waals surface area contributed by atoms with E-state index in [2.05, 4.69) is 67.0 Å². The third-order valence-corrected chi connectivity index (χ3v) is 2.81. The Balaban J connectivity index is 3.11. The Kier molecular flexibility index (Phi) is 4.12. The Morgan fingerprint density at radius 2 is 1.80 bits per heavy atom. The van der Waals surface area contributed by atoms with Crippen molar-refractivity contribution in [3.63, 3.8) is 0 Å². The zero-order valence-electron chi connectivity index (χ0n) is 9.55. The molecule has 1 aromatic rings. The van der Waals surface area contributed by atoms with Crippen LogP contribution in [0, 0.1) is 5.41 Å². The minimum Gasteiger partial charge on any atom is -0.327 e. The smallest absolute Gasteiger partial charge is 0.0175 e. The van der Waals surface area contributed by atoms with Crippen molar-refractivity contribution in [3.8, 4) is 0 Å². The first-order chi connectivity index (χ1) is 6.95. The van der Waals surface area contributed by atoms with Gasteiger partial charge in [0.1, 0.15) is 0 Å². The Morgan fingerprint density at radius 3 is 2.20 bits per heavy atom. The number of halogens is 1. The van der Waals surface area contributed by atoms with Gasteiger partial charge in [-0.3, -0.25) is 0 Å². The number of benzene rings is 1. The summed E-state index contributed by atoms with van der Waals surface area (Å²) in [6.45, 7) is 7.20. The average Bonchev–Trinajstić information content (AvgIpc) is 2.14. The van der Waals surface area contributed by atoms with Crippen molar-refractivity contribution in [1.82, 2.24) is 0 Å². The van der Waals surface area contributed by atoms with E-state index in [1.54, 1.807) is 0 Å². The molecule has 0 aliphatic heterocycles. The molecule has 0 unspecified atom stereocenters. The van der Waals surface area contributed by atoms with Gasteiger partial charge in [-0.1, -0.05) is 54.9 Å². The lowest BCUT2D eigenvalue weighted by Crippen LogP contribution is -2.10. The summed E-state index contributed by atoms with van der Waals surface area (Å²) in [6, 6.07) is 8.37. The van der Waals surface area contributed by atoms with Crippen LogP contribution in [0.5, 0.6) is 0 Å². The van der Waals surface area contributed by atoms with Gasteiger partial charge in [-0.25, -0.2) is 0 Å². The molecular formula is C13H18BrN. The molecule has 0 radical (unpaired) electrons. The molecule has 0 spiro atoms. The molecule has 0 fully saturated rings. The molecule has 1 nitrogen and oxygen atoms in total. The summed E-state index contributed by atoms with van der Waals surface area (Å²) in [5.41, 5.74) is 8.29. The molecule has 0 amide bonds. The zero-order valence-corrected chi connectivity index (χ0v) is 11.1. The lowest BCUT2D eigenvalue weighted by Gasteiger charge is -2.23. The summed E-state index contributed by atoms with van der Waals surface area (Å²) in [4.78, 5) is 0. The van der Waals surface area contributed by atoms with E-state index in [9.17, 15) is 0 Å². The third kappa shape index (κ3) is 3.47. The van der Waals surface area contributed by atoms with Crippen LogP contribution >= 0.6 is 15.9 Å². The van der Waals surface area contributed by atoms with Crippen molar-refractivity contribution < 1.29 is 0 Å². The summed E-state index contributed by atoms with van der Waals surface area (Å²) in [5, 5.41) is 0. The SMILES string of the molecule is CC(C)(C)/C(=C/CN)c1ccc(Br)cc1. The van der Waals surface area contributed by atoms with Gasteiger partial charge in [0.2, 0.25) is 0 Å². The van der Waals surface area contributed by atoms with Crippen LogP contribution in [0.3, 0.4) is 0 Å². The maximum Gasteiger partial charge on any atom is 0.0175 e. The zero-order chi connectivity index (χ0) is 11.5. The predicted molar refractivity (Wildman–Crippen MR) is 70.6 cm³/mol. The number of nitrogens with two attached hydrogens (primary N) is 1. The highest BCUT2D eigenvalue weighted by atomic mass is 79.9. The molecule has 0 heterocycles. The molecule has 0 saturated carbocycles. The first-order valence-corrected chi connectivity index (χ1v) is 5.91. The molecule has 1 aromatic carbocycles. The van der Waals surface area contributed by atoms with Crippen LogP contribution in [-0.2, 0) is 0 Å². The van der Waals surface area contributed by atoms with E-state index >= 15 is 0 Å². The van der Waals surface area contributed by atoms with E-state index in [1.165, 1.54) is 11.1 Å². The molecule has 0 saturated heterocycles. The summed E-state index contributed by atoms with van der Waals surface area (Å²) in [5.74, 6) is 0. The first kappa shape index (κ1) is 12.5. The Labute approximate surface area is 101 Å². The van der Waals surface area contributed by atoms with E-state index in [1.807, 2.05) is 0 Å². The van der Waals surface area contributed by atoms with Gasteiger partial charge >= 0.3 is 0 Å². The quantitative estimate of drug-likeness (QED) is 0.866. The maximum atomic E-state index is 5.61. The van der Waals surface area contributed by atoms with Crippen LogP contribution in [0.15, 0.2) is 34.8 Å². The van der Waals surface area contributed by atoms with Crippen molar-refractivity contribution >= 4 is 21.5 Å². The molecule has 0 atom stereocenters. The van der Waals surface area contributed by atoms with Crippen molar-refractivity contribution in [2.75, 3.05) is 6.54 Å². The highest BCUT2D eigenvalue weighted by Crippen LogP contribution is 2.34. The number of hydrogen-bond acceptors (Lipinski definition) is 1. The Bertz CT molecular complexity index is 344. The third-order valence-electron chi connectivity index (χ3n) is 2.29. The van der Waals surface area contributed by atoms with Crippen molar-refractivity contribution in [3.05, 3.63) is 40.4 Å². The average molecular weight is 268 g/mol. The molecule has 82 valence electrons. The minimum absolute atomic E-state index is 0.132. The van der Waals surface area contributed by atoms with Gasteiger partial charge in [0.05, 0.1) is 0 Å². The lowest BCUT2D eigenvalue weighted by atomic mass is 9.82. The van der Waals surface area contributed by atoms with Gasteiger partial charge in [-0.15, -0.1) is 0 Å². The van der Waals surface area contributed by atoms with Crippen LogP contribution in [-0.4, -0.2) is 6.54 Å². The van der Waals surface area contributed by atoms with E-state index < -0.39 is 0 Å². The van der Waals surface area contributed by atoms with E-state index in [0.717, 1.165) is 4.47 Å². The van der Waals surface area contributed by atoms with Gasteiger partial charge in [-0.05, 0) is 28.7 Å². The second-order valence-corrected chi connectivity index (χ2v) is 5.53. The fraction of sp³-hybridized carbons (Fsp3) is 0.385. The fourth-order valence-corrected chi connectivity index (χ4v) is 1.87.